The van der Waals surface area contributed by atoms with Crippen molar-refractivity contribution >= 4 is 6.08 Å². The van der Waals surface area contributed by atoms with E-state index in [-0.39, 0.29) is 5.41 Å². The first-order chi connectivity index (χ1) is 14.7. The Kier molecular flexibility index (Phi) is 5.08. The van der Waals surface area contributed by atoms with E-state index in [0.29, 0.717) is 5.92 Å². The Morgan fingerprint density at radius 2 is 1.63 bits per heavy atom. The Morgan fingerprint density at radius 1 is 0.933 bits per heavy atom. The van der Waals surface area contributed by atoms with E-state index in [1.807, 2.05) is 0 Å². The fourth-order valence-corrected chi connectivity index (χ4v) is 5.10. The summed E-state index contributed by atoms with van der Waals surface area (Å²) >= 11 is 0. The minimum Gasteiger partial charge on any atom is -0.493 e. The molecule has 3 aromatic rings. The number of nitrogens with zero attached hydrogens (tertiary/aromatic N) is 1. The highest BCUT2D eigenvalue weighted by Gasteiger charge is 2.40. The SMILES string of the molecule is CC(c1ccccc1)(c1ccccc1)[C@@H]1CCN(/C=C/c2ccc3c(c2)CCO3)C1. The van der Waals surface area contributed by atoms with Crippen molar-refractivity contribution in [2.75, 3.05) is 19.7 Å². The highest BCUT2D eigenvalue weighted by molar-refractivity contribution is 5.54. The van der Waals surface area contributed by atoms with Crippen LogP contribution in [0.4, 0.5) is 0 Å². The van der Waals surface area contributed by atoms with Crippen molar-refractivity contribution in [3.63, 3.8) is 0 Å². The molecule has 0 spiro atoms. The number of hydrogen-bond donors (Lipinski definition) is 0. The number of rotatable bonds is 5. The molecule has 2 heterocycles. The van der Waals surface area contributed by atoms with Crippen LogP contribution in [0.15, 0.2) is 85.1 Å². The van der Waals surface area contributed by atoms with E-state index in [2.05, 4.69) is 103 Å². The van der Waals surface area contributed by atoms with Crippen molar-refractivity contribution in [3.8, 4) is 5.75 Å². The number of ether oxygens (including phenoxy) is 1. The summed E-state index contributed by atoms with van der Waals surface area (Å²) in [5.74, 6) is 1.62. The van der Waals surface area contributed by atoms with Gasteiger partial charge in [-0.25, -0.2) is 0 Å². The number of likely N-dealkylation sites (tertiary alicyclic amines) is 1. The van der Waals surface area contributed by atoms with E-state index < -0.39 is 0 Å². The van der Waals surface area contributed by atoms with E-state index in [4.69, 9.17) is 4.74 Å². The number of hydrogen-bond acceptors (Lipinski definition) is 2. The van der Waals surface area contributed by atoms with E-state index in [1.165, 1.54) is 28.7 Å². The molecule has 3 aromatic carbocycles. The van der Waals surface area contributed by atoms with Gasteiger partial charge in [0.25, 0.3) is 0 Å². The summed E-state index contributed by atoms with van der Waals surface area (Å²) in [6, 6.07) is 28.6. The van der Waals surface area contributed by atoms with Crippen molar-refractivity contribution in [1.82, 2.24) is 4.90 Å². The Balaban J connectivity index is 1.37. The Bertz CT molecular complexity index is 986. The van der Waals surface area contributed by atoms with Gasteiger partial charge in [0, 0.05) is 24.9 Å². The van der Waals surface area contributed by atoms with Crippen LogP contribution in [0.3, 0.4) is 0 Å². The normalized spacial score (nSPS) is 18.6. The minimum atomic E-state index is 0.00994. The second kappa shape index (κ2) is 8.02. The first kappa shape index (κ1) is 19.0. The highest BCUT2D eigenvalue weighted by Crippen LogP contribution is 2.43. The van der Waals surface area contributed by atoms with Crippen molar-refractivity contribution in [1.29, 1.82) is 0 Å². The molecule has 1 atom stereocenters. The zero-order chi connectivity index (χ0) is 20.4. The molecule has 2 aliphatic rings. The maximum Gasteiger partial charge on any atom is 0.122 e. The topological polar surface area (TPSA) is 12.5 Å². The summed E-state index contributed by atoms with van der Waals surface area (Å²) in [7, 11) is 0. The lowest BCUT2D eigenvalue weighted by atomic mass is 9.67. The maximum absolute atomic E-state index is 5.63. The lowest BCUT2D eigenvalue weighted by Crippen LogP contribution is -2.35. The molecule has 1 fully saturated rings. The average Bonchev–Trinajstić information content (AvgIpc) is 3.48. The molecule has 0 bridgehead atoms. The van der Waals surface area contributed by atoms with Crippen LogP contribution in [0.25, 0.3) is 6.08 Å². The highest BCUT2D eigenvalue weighted by atomic mass is 16.5. The van der Waals surface area contributed by atoms with Crippen molar-refractivity contribution in [2.24, 2.45) is 5.92 Å². The Labute approximate surface area is 179 Å². The molecular weight excluding hydrogens is 366 g/mol. The van der Waals surface area contributed by atoms with Gasteiger partial charge in [-0.2, -0.15) is 0 Å². The van der Waals surface area contributed by atoms with Gasteiger partial charge in [-0.3, -0.25) is 0 Å². The van der Waals surface area contributed by atoms with Crippen LogP contribution in [-0.2, 0) is 11.8 Å². The number of fused-ring (bicyclic) bond motifs is 1. The summed E-state index contributed by atoms with van der Waals surface area (Å²) in [6.45, 7) is 5.42. The molecule has 0 aliphatic carbocycles. The van der Waals surface area contributed by atoms with Crippen LogP contribution in [-0.4, -0.2) is 24.6 Å². The summed E-state index contributed by atoms with van der Waals surface area (Å²) in [5.41, 5.74) is 5.42. The fourth-order valence-electron chi connectivity index (χ4n) is 5.10. The Hall–Kier alpha value is -3.00. The van der Waals surface area contributed by atoms with Gasteiger partial charge in [0.05, 0.1) is 6.61 Å². The summed E-state index contributed by atoms with van der Waals surface area (Å²) in [5, 5.41) is 0. The second-order valence-electron chi connectivity index (χ2n) is 8.70. The van der Waals surface area contributed by atoms with Crippen LogP contribution in [0.2, 0.25) is 0 Å². The quantitative estimate of drug-likeness (QED) is 0.532. The predicted molar refractivity (Wildman–Crippen MR) is 124 cm³/mol. The standard InChI is InChI=1S/C28H29NO/c1-28(24-8-4-2-5-9-24,25-10-6-3-7-11-25)26-15-18-29(21-26)17-14-22-12-13-27-23(20-22)16-19-30-27/h2-14,17,20,26H,15-16,18-19,21H2,1H3/b17-14+/t26-/m1/s1. The molecule has 2 heteroatoms. The van der Waals surface area contributed by atoms with Crippen LogP contribution < -0.4 is 4.74 Å². The lowest BCUT2D eigenvalue weighted by molar-refractivity contribution is 0.342. The van der Waals surface area contributed by atoms with Crippen molar-refractivity contribution < 1.29 is 4.74 Å². The van der Waals surface area contributed by atoms with Crippen molar-refractivity contribution in [3.05, 3.63) is 107 Å². The minimum absolute atomic E-state index is 0.00994. The monoisotopic (exact) mass is 395 g/mol. The molecule has 1 saturated heterocycles. The molecular formula is C28H29NO. The molecule has 0 N–H and O–H groups in total. The van der Waals surface area contributed by atoms with E-state index in [9.17, 15) is 0 Å². The van der Waals surface area contributed by atoms with E-state index >= 15 is 0 Å². The van der Waals surface area contributed by atoms with Gasteiger partial charge in [-0.1, -0.05) is 73.7 Å². The largest absolute Gasteiger partial charge is 0.493 e. The van der Waals surface area contributed by atoms with Gasteiger partial charge >= 0.3 is 0 Å². The third-order valence-corrected chi connectivity index (χ3v) is 6.97. The maximum atomic E-state index is 5.63. The fraction of sp³-hybridized carbons (Fsp3) is 0.286. The van der Waals surface area contributed by atoms with Gasteiger partial charge in [0.2, 0.25) is 0 Å². The molecule has 0 saturated carbocycles. The zero-order valence-electron chi connectivity index (χ0n) is 17.6. The first-order valence-corrected chi connectivity index (χ1v) is 11.0. The average molecular weight is 396 g/mol. The number of benzene rings is 3. The van der Waals surface area contributed by atoms with Gasteiger partial charge in [0.1, 0.15) is 5.75 Å². The molecule has 152 valence electrons. The van der Waals surface area contributed by atoms with Crippen LogP contribution in [0, 0.1) is 5.92 Å². The van der Waals surface area contributed by atoms with Crippen LogP contribution in [0.5, 0.6) is 5.75 Å². The zero-order valence-corrected chi connectivity index (χ0v) is 17.6. The molecule has 30 heavy (non-hydrogen) atoms. The van der Waals surface area contributed by atoms with Crippen LogP contribution >= 0.6 is 0 Å². The van der Waals surface area contributed by atoms with Gasteiger partial charge in [0.15, 0.2) is 0 Å². The molecule has 0 amide bonds. The molecule has 2 nitrogen and oxygen atoms in total. The molecule has 0 radical (unpaired) electrons. The van der Waals surface area contributed by atoms with Gasteiger partial charge < -0.3 is 9.64 Å². The molecule has 0 aromatic heterocycles. The summed E-state index contributed by atoms with van der Waals surface area (Å²) in [6.07, 6.45) is 6.76. The van der Waals surface area contributed by atoms with Gasteiger partial charge in [-0.15, -0.1) is 0 Å². The molecule has 5 rings (SSSR count). The second-order valence-corrected chi connectivity index (χ2v) is 8.70. The Morgan fingerprint density at radius 3 is 2.33 bits per heavy atom. The van der Waals surface area contributed by atoms with E-state index in [1.54, 1.807) is 0 Å². The van der Waals surface area contributed by atoms with Gasteiger partial charge in [-0.05, 0) is 59.0 Å². The van der Waals surface area contributed by atoms with Crippen molar-refractivity contribution in [2.45, 2.75) is 25.2 Å². The first-order valence-electron chi connectivity index (χ1n) is 11.0. The predicted octanol–water partition coefficient (Wildman–Crippen LogP) is 5.92. The molecule has 2 aliphatic heterocycles. The van der Waals surface area contributed by atoms with Crippen LogP contribution in [0.1, 0.15) is 35.6 Å². The smallest absolute Gasteiger partial charge is 0.122 e. The molecule has 0 unspecified atom stereocenters. The lowest BCUT2D eigenvalue weighted by Gasteiger charge is -2.37. The summed E-state index contributed by atoms with van der Waals surface area (Å²) < 4.78 is 5.63. The third-order valence-electron chi connectivity index (χ3n) is 6.97. The van der Waals surface area contributed by atoms with E-state index in [0.717, 1.165) is 31.9 Å². The third kappa shape index (κ3) is 3.52. The summed E-state index contributed by atoms with van der Waals surface area (Å²) in [4.78, 5) is 2.48.